The number of nitrogen functional groups attached to an aromatic ring is 1. The highest BCUT2D eigenvalue weighted by molar-refractivity contribution is 5.95. The van der Waals surface area contributed by atoms with Gasteiger partial charge in [0.2, 0.25) is 0 Å². The monoisotopic (exact) mass is 254 g/mol. The number of amides is 1. The summed E-state index contributed by atoms with van der Waals surface area (Å²) in [5.41, 5.74) is 10.2. The second kappa shape index (κ2) is 5.57. The molecule has 3 nitrogen and oxygen atoms in total. The van der Waals surface area contributed by atoms with Gasteiger partial charge in [0, 0.05) is 17.8 Å². The number of nitrogens with one attached hydrogen (secondary N) is 1. The van der Waals surface area contributed by atoms with Gasteiger partial charge in [0.25, 0.3) is 5.91 Å². The lowest BCUT2D eigenvalue weighted by atomic mass is 10.1. The Bertz CT molecular complexity index is 605. The second-order valence-electron chi connectivity index (χ2n) is 4.75. The summed E-state index contributed by atoms with van der Waals surface area (Å²) in [7, 11) is 0. The maximum absolute atomic E-state index is 12.1. The average Bonchev–Trinajstić information content (AvgIpc) is 2.36. The SMILES string of the molecule is Cc1cccc(CNC(=O)c2ccc(N)cc2C)c1. The molecule has 2 aromatic carbocycles. The molecule has 2 aromatic rings. The summed E-state index contributed by atoms with van der Waals surface area (Å²) in [6.07, 6.45) is 0. The van der Waals surface area contributed by atoms with Gasteiger partial charge >= 0.3 is 0 Å². The molecule has 0 spiro atoms. The fourth-order valence-corrected chi connectivity index (χ4v) is 2.04. The van der Waals surface area contributed by atoms with Crippen LogP contribution in [0.1, 0.15) is 27.0 Å². The molecule has 0 radical (unpaired) electrons. The molecule has 0 heterocycles. The predicted octanol–water partition coefficient (Wildman–Crippen LogP) is 2.82. The lowest BCUT2D eigenvalue weighted by Crippen LogP contribution is -2.23. The first-order valence-electron chi connectivity index (χ1n) is 6.26. The number of carbonyl (C=O) groups is 1. The van der Waals surface area contributed by atoms with Crippen molar-refractivity contribution in [1.82, 2.24) is 5.32 Å². The minimum Gasteiger partial charge on any atom is -0.399 e. The molecule has 0 aliphatic carbocycles. The van der Waals surface area contributed by atoms with E-state index in [2.05, 4.69) is 11.4 Å². The average molecular weight is 254 g/mol. The molecule has 1 amide bonds. The van der Waals surface area contributed by atoms with E-state index in [9.17, 15) is 4.79 Å². The number of anilines is 1. The van der Waals surface area contributed by atoms with E-state index in [-0.39, 0.29) is 5.91 Å². The second-order valence-corrected chi connectivity index (χ2v) is 4.75. The van der Waals surface area contributed by atoms with E-state index >= 15 is 0 Å². The normalized spacial score (nSPS) is 10.2. The number of hydrogen-bond acceptors (Lipinski definition) is 2. The molecule has 0 saturated carbocycles. The van der Waals surface area contributed by atoms with Gasteiger partial charge in [-0.05, 0) is 43.2 Å². The first kappa shape index (κ1) is 13.1. The van der Waals surface area contributed by atoms with Crippen LogP contribution in [0, 0.1) is 13.8 Å². The van der Waals surface area contributed by atoms with Gasteiger partial charge in [0.15, 0.2) is 0 Å². The van der Waals surface area contributed by atoms with Gasteiger partial charge in [-0.25, -0.2) is 0 Å². The lowest BCUT2D eigenvalue weighted by Gasteiger charge is -2.09. The molecule has 0 aromatic heterocycles. The summed E-state index contributed by atoms with van der Waals surface area (Å²) >= 11 is 0. The minimum atomic E-state index is -0.0704. The summed E-state index contributed by atoms with van der Waals surface area (Å²) in [6.45, 7) is 4.46. The van der Waals surface area contributed by atoms with E-state index in [4.69, 9.17) is 5.73 Å². The molecule has 0 aliphatic rings. The highest BCUT2D eigenvalue weighted by Gasteiger charge is 2.08. The third-order valence-electron chi connectivity index (χ3n) is 3.03. The predicted molar refractivity (Wildman–Crippen MR) is 77.9 cm³/mol. The van der Waals surface area contributed by atoms with Crippen molar-refractivity contribution in [3.05, 3.63) is 64.7 Å². The topological polar surface area (TPSA) is 55.1 Å². The Hall–Kier alpha value is -2.29. The molecule has 98 valence electrons. The van der Waals surface area contributed by atoms with Crippen LogP contribution in [-0.2, 0) is 6.54 Å². The molecular weight excluding hydrogens is 236 g/mol. The van der Waals surface area contributed by atoms with Crippen LogP contribution >= 0.6 is 0 Å². The number of hydrogen-bond donors (Lipinski definition) is 2. The molecule has 0 saturated heterocycles. The Morgan fingerprint density at radius 3 is 2.63 bits per heavy atom. The fraction of sp³-hybridized carbons (Fsp3) is 0.188. The molecule has 0 atom stereocenters. The summed E-state index contributed by atoms with van der Waals surface area (Å²) in [5.74, 6) is -0.0704. The smallest absolute Gasteiger partial charge is 0.251 e. The molecule has 0 bridgehead atoms. The van der Waals surface area contributed by atoms with Crippen molar-refractivity contribution in [2.75, 3.05) is 5.73 Å². The molecule has 0 fully saturated rings. The first-order valence-corrected chi connectivity index (χ1v) is 6.26. The zero-order valence-electron chi connectivity index (χ0n) is 11.2. The van der Waals surface area contributed by atoms with E-state index in [0.717, 1.165) is 11.1 Å². The third-order valence-corrected chi connectivity index (χ3v) is 3.03. The maximum Gasteiger partial charge on any atom is 0.251 e. The maximum atomic E-state index is 12.1. The molecule has 19 heavy (non-hydrogen) atoms. The summed E-state index contributed by atoms with van der Waals surface area (Å²) in [6, 6.07) is 13.4. The van der Waals surface area contributed by atoms with E-state index in [1.807, 2.05) is 38.1 Å². The number of carbonyl (C=O) groups excluding carboxylic acids is 1. The van der Waals surface area contributed by atoms with Gasteiger partial charge < -0.3 is 11.1 Å². The molecule has 3 heteroatoms. The Morgan fingerprint density at radius 2 is 1.95 bits per heavy atom. The summed E-state index contributed by atoms with van der Waals surface area (Å²) < 4.78 is 0. The number of rotatable bonds is 3. The Labute approximate surface area is 113 Å². The quantitative estimate of drug-likeness (QED) is 0.827. The van der Waals surface area contributed by atoms with Crippen molar-refractivity contribution in [1.29, 1.82) is 0 Å². The van der Waals surface area contributed by atoms with Crippen LogP contribution < -0.4 is 11.1 Å². The van der Waals surface area contributed by atoms with E-state index < -0.39 is 0 Å². The van der Waals surface area contributed by atoms with E-state index in [0.29, 0.717) is 17.8 Å². The zero-order valence-corrected chi connectivity index (χ0v) is 11.2. The summed E-state index contributed by atoms with van der Waals surface area (Å²) in [5, 5.41) is 2.92. The van der Waals surface area contributed by atoms with E-state index in [1.54, 1.807) is 12.1 Å². The van der Waals surface area contributed by atoms with Crippen LogP contribution in [0.5, 0.6) is 0 Å². The van der Waals surface area contributed by atoms with Gasteiger partial charge in [-0.1, -0.05) is 29.8 Å². The lowest BCUT2D eigenvalue weighted by molar-refractivity contribution is 0.0950. The van der Waals surface area contributed by atoms with Crippen molar-refractivity contribution < 1.29 is 4.79 Å². The summed E-state index contributed by atoms with van der Waals surface area (Å²) in [4.78, 5) is 12.1. The van der Waals surface area contributed by atoms with Crippen LogP contribution in [0.15, 0.2) is 42.5 Å². The van der Waals surface area contributed by atoms with Crippen molar-refractivity contribution in [3.63, 3.8) is 0 Å². The Balaban J connectivity index is 2.05. The largest absolute Gasteiger partial charge is 0.399 e. The molecule has 2 rings (SSSR count). The molecular formula is C16H18N2O. The highest BCUT2D eigenvalue weighted by Crippen LogP contribution is 2.12. The van der Waals surface area contributed by atoms with Gasteiger partial charge in [-0.2, -0.15) is 0 Å². The standard InChI is InChI=1S/C16H18N2O/c1-11-4-3-5-13(8-11)10-18-16(19)15-7-6-14(17)9-12(15)2/h3-9H,10,17H2,1-2H3,(H,18,19). The van der Waals surface area contributed by atoms with Crippen LogP contribution in [0.25, 0.3) is 0 Å². The third kappa shape index (κ3) is 3.35. The molecule has 0 aliphatic heterocycles. The Morgan fingerprint density at radius 1 is 1.16 bits per heavy atom. The van der Waals surface area contributed by atoms with Crippen LogP contribution in [0.2, 0.25) is 0 Å². The van der Waals surface area contributed by atoms with Crippen LogP contribution in [0.3, 0.4) is 0 Å². The number of benzene rings is 2. The van der Waals surface area contributed by atoms with Gasteiger partial charge in [-0.15, -0.1) is 0 Å². The van der Waals surface area contributed by atoms with Crippen molar-refractivity contribution in [2.45, 2.75) is 20.4 Å². The number of aryl methyl sites for hydroxylation is 2. The van der Waals surface area contributed by atoms with Crippen molar-refractivity contribution >= 4 is 11.6 Å². The minimum absolute atomic E-state index is 0.0704. The molecule has 0 unspecified atom stereocenters. The zero-order chi connectivity index (χ0) is 13.8. The van der Waals surface area contributed by atoms with Crippen LogP contribution in [-0.4, -0.2) is 5.91 Å². The Kier molecular flexibility index (Phi) is 3.85. The fourth-order valence-electron chi connectivity index (χ4n) is 2.04. The highest BCUT2D eigenvalue weighted by atomic mass is 16.1. The van der Waals surface area contributed by atoms with E-state index in [1.165, 1.54) is 5.56 Å². The first-order chi connectivity index (χ1) is 9.06. The number of nitrogens with two attached hydrogens (primary N) is 1. The van der Waals surface area contributed by atoms with Crippen molar-refractivity contribution in [3.8, 4) is 0 Å². The van der Waals surface area contributed by atoms with Gasteiger partial charge in [0.05, 0.1) is 0 Å². The van der Waals surface area contributed by atoms with Gasteiger partial charge in [0.1, 0.15) is 0 Å². The van der Waals surface area contributed by atoms with Crippen molar-refractivity contribution in [2.24, 2.45) is 0 Å². The molecule has 3 N–H and O–H groups in total. The van der Waals surface area contributed by atoms with Crippen LogP contribution in [0.4, 0.5) is 5.69 Å². The van der Waals surface area contributed by atoms with Gasteiger partial charge in [-0.3, -0.25) is 4.79 Å².